The third kappa shape index (κ3) is 4.20. The Bertz CT molecular complexity index is 984. The Hall–Kier alpha value is -3.61. The molecular weight excluding hydrogens is 356 g/mol. The lowest BCUT2D eigenvalue weighted by Gasteiger charge is -2.12. The van der Waals surface area contributed by atoms with Gasteiger partial charge in [0.2, 0.25) is 5.95 Å². The van der Waals surface area contributed by atoms with Gasteiger partial charge >= 0.3 is 0 Å². The fourth-order valence-electron chi connectivity index (χ4n) is 2.78. The van der Waals surface area contributed by atoms with Crippen LogP contribution in [0.15, 0.2) is 48.7 Å². The Kier molecular flexibility index (Phi) is 5.74. The molecule has 0 aliphatic rings. The first-order valence-electron chi connectivity index (χ1n) is 8.71. The first-order chi connectivity index (χ1) is 13.5. The van der Waals surface area contributed by atoms with Crippen molar-refractivity contribution in [3.8, 4) is 11.5 Å². The number of amides is 1. The lowest BCUT2D eigenvalue weighted by molar-refractivity contribution is 0.102. The highest BCUT2D eigenvalue weighted by molar-refractivity contribution is 6.03. The standard InChI is InChI=1S/C21H22N4O3/c1-13-6-5-7-14(2)19(13)25-21-22-11-10-16(24-21)20(26)23-15-8-9-17(27-3)18(12-15)28-4/h5-12H,1-4H3,(H,23,26)(H,22,24,25). The average Bonchev–Trinajstić information content (AvgIpc) is 2.71. The molecule has 0 saturated carbocycles. The number of rotatable bonds is 6. The topological polar surface area (TPSA) is 85.4 Å². The number of hydrogen-bond acceptors (Lipinski definition) is 6. The van der Waals surface area contributed by atoms with E-state index in [1.165, 1.54) is 0 Å². The monoisotopic (exact) mass is 378 g/mol. The highest BCUT2D eigenvalue weighted by Gasteiger charge is 2.12. The third-order valence-electron chi connectivity index (χ3n) is 4.25. The van der Waals surface area contributed by atoms with E-state index in [4.69, 9.17) is 9.47 Å². The maximum atomic E-state index is 12.6. The van der Waals surface area contributed by atoms with Crippen LogP contribution in [0.2, 0.25) is 0 Å². The number of carbonyl (C=O) groups is 1. The minimum Gasteiger partial charge on any atom is -0.493 e. The molecular formula is C21H22N4O3. The van der Waals surface area contributed by atoms with E-state index in [1.807, 2.05) is 32.0 Å². The minimum atomic E-state index is -0.348. The molecule has 0 fully saturated rings. The molecule has 1 amide bonds. The number of carbonyl (C=O) groups excluding carboxylic acids is 1. The van der Waals surface area contributed by atoms with Crippen LogP contribution in [0.5, 0.6) is 11.5 Å². The summed E-state index contributed by atoms with van der Waals surface area (Å²) in [6, 6.07) is 12.7. The van der Waals surface area contributed by atoms with Gasteiger partial charge in [0.1, 0.15) is 5.69 Å². The Morgan fingerprint density at radius 1 is 0.964 bits per heavy atom. The summed E-state index contributed by atoms with van der Waals surface area (Å²) in [6.07, 6.45) is 1.55. The zero-order chi connectivity index (χ0) is 20.1. The van der Waals surface area contributed by atoms with Crippen LogP contribution in [-0.4, -0.2) is 30.1 Å². The largest absolute Gasteiger partial charge is 0.493 e. The molecule has 28 heavy (non-hydrogen) atoms. The Balaban J connectivity index is 1.79. The predicted octanol–water partition coefficient (Wildman–Crippen LogP) is 4.11. The van der Waals surface area contributed by atoms with Crippen molar-refractivity contribution in [1.82, 2.24) is 9.97 Å². The molecule has 0 radical (unpaired) electrons. The molecule has 2 N–H and O–H groups in total. The number of anilines is 3. The molecule has 7 heteroatoms. The summed E-state index contributed by atoms with van der Waals surface area (Å²) in [5.41, 5.74) is 3.90. The van der Waals surface area contributed by atoms with E-state index in [9.17, 15) is 4.79 Å². The van der Waals surface area contributed by atoms with Crippen molar-refractivity contribution in [2.75, 3.05) is 24.9 Å². The number of hydrogen-bond donors (Lipinski definition) is 2. The van der Waals surface area contributed by atoms with Crippen molar-refractivity contribution in [2.24, 2.45) is 0 Å². The minimum absolute atomic E-state index is 0.249. The summed E-state index contributed by atoms with van der Waals surface area (Å²) >= 11 is 0. The van der Waals surface area contributed by atoms with Crippen LogP contribution in [0.3, 0.4) is 0 Å². The van der Waals surface area contributed by atoms with E-state index in [0.29, 0.717) is 23.1 Å². The second kappa shape index (κ2) is 8.39. The Morgan fingerprint density at radius 2 is 1.68 bits per heavy atom. The second-order valence-electron chi connectivity index (χ2n) is 6.18. The fourth-order valence-corrected chi connectivity index (χ4v) is 2.78. The molecule has 1 aromatic heterocycles. The van der Waals surface area contributed by atoms with Crippen molar-refractivity contribution < 1.29 is 14.3 Å². The molecule has 0 aliphatic carbocycles. The predicted molar refractivity (Wildman–Crippen MR) is 109 cm³/mol. The van der Waals surface area contributed by atoms with Gasteiger partial charge in [-0.3, -0.25) is 4.79 Å². The number of para-hydroxylation sites is 1. The van der Waals surface area contributed by atoms with Gasteiger partial charge in [0.15, 0.2) is 11.5 Å². The molecule has 0 bridgehead atoms. The SMILES string of the molecule is COc1ccc(NC(=O)c2ccnc(Nc3c(C)cccc3C)n2)cc1OC. The molecule has 1 heterocycles. The lowest BCUT2D eigenvalue weighted by atomic mass is 10.1. The summed E-state index contributed by atoms with van der Waals surface area (Å²) in [4.78, 5) is 21.2. The van der Waals surface area contributed by atoms with Gasteiger partial charge in [0, 0.05) is 23.6 Å². The number of benzene rings is 2. The molecule has 7 nitrogen and oxygen atoms in total. The number of aryl methyl sites for hydroxylation is 2. The molecule has 3 aromatic rings. The molecule has 0 unspecified atom stereocenters. The molecule has 0 spiro atoms. The van der Waals surface area contributed by atoms with E-state index in [0.717, 1.165) is 16.8 Å². The maximum Gasteiger partial charge on any atom is 0.274 e. The molecule has 0 aliphatic heterocycles. The van der Waals surface area contributed by atoms with Gasteiger partial charge in [-0.25, -0.2) is 9.97 Å². The maximum absolute atomic E-state index is 12.6. The van der Waals surface area contributed by atoms with Crippen LogP contribution in [0.4, 0.5) is 17.3 Å². The van der Waals surface area contributed by atoms with Gasteiger partial charge in [0.05, 0.1) is 14.2 Å². The van der Waals surface area contributed by atoms with Crippen molar-refractivity contribution in [3.63, 3.8) is 0 Å². The molecule has 0 saturated heterocycles. The number of nitrogens with one attached hydrogen (secondary N) is 2. The normalized spacial score (nSPS) is 10.3. The van der Waals surface area contributed by atoms with Crippen LogP contribution >= 0.6 is 0 Å². The van der Waals surface area contributed by atoms with E-state index >= 15 is 0 Å². The van der Waals surface area contributed by atoms with Crippen LogP contribution in [0.25, 0.3) is 0 Å². The van der Waals surface area contributed by atoms with Crippen molar-refractivity contribution in [1.29, 1.82) is 0 Å². The first kappa shape index (κ1) is 19.2. The number of methoxy groups -OCH3 is 2. The summed E-state index contributed by atoms with van der Waals surface area (Å²) in [7, 11) is 3.10. The van der Waals surface area contributed by atoms with Gasteiger partial charge in [-0.15, -0.1) is 0 Å². The molecule has 0 atom stereocenters. The molecule has 3 rings (SSSR count). The van der Waals surface area contributed by atoms with Crippen LogP contribution in [-0.2, 0) is 0 Å². The van der Waals surface area contributed by atoms with Gasteiger partial charge in [-0.2, -0.15) is 0 Å². The summed E-state index contributed by atoms with van der Waals surface area (Å²) in [6.45, 7) is 4.01. The second-order valence-corrected chi connectivity index (χ2v) is 6.18. The first-order valence-corrected chi connectivity index (χ1v) is 8.71. The zero-order valence-electron chi connectivity index (χ0n) is 16.2. The zero-order valence-corrected chi connectivity index (χ0v) is 16.2. The van der Waals surface area contributed by atoms with Crippen molar-refractivity contribution >= 4 is 23.2 Å². The Morgan fingerprint density at radius 3 is 2.36 bits per heavy atom. The average molecular weight is 378 g/mol. The quantitative estimate of drug-likeness (QED) is 0.671. The van der Waals surface area contributed by atoms with Crippen LogP contribution in [0, 0.1) is 13.8 Å². The molecule has 2 aromatic carbocycles. The van der Waals surface area contributed by atoms with Gasteiger partial charge < -0.3 is 20.1 Å². The van der Waals surface area contributed by atoms with Gasteiger partial charge in [0.25, 0.3) is 5.91 Å². The Labute approximate surface area is 163 Å². The number of ether oxygens (including phenoxy) is 2. The van der Waals surface area contributed by atoms with E-state index in [2.05, 4.69) is 20.6 Å². The molecule has 144 valence electrons. The van der Waals surface area contributed by atoms with Gasteiger partial charge in [-0.05, 0) is 43.2 Å². The van der Waals surface area contributed by atoms with Crippen molar-refractivity contribution in [2.45, 2.75) is 13.8 Å². The van der Waals surface area contributed by atoms with Crippen LogP contribution < -0.4 is 20.1 Å². The summed E-state index contributed by atoms with van der Waals surface area (Å²) < 4.78 is 10.5. The highest BCUT2D eigenvalue weighted by Crippen LogP contribution is 2.30. The van der Waals surface area contributed by atoms with E-state index in [1.54, 1.807) is 44.7 Å². The third-order valence-corrected chi connectivity index (χ3v) is 4.25. The van der Waals surface area contributed by atoms with E-state index < -0.39 is 0 Å². The highest BCUT2D eigenvalue weighted by atomic mass is 16.5. The summed E-state index contributed by atoms with van der Waals surface area (Å²) in [5, 5.41) is 6.00. The van der Waals surface area contributed by atoms with Crippen LogP contribution in [0.1, 0.15) is 21.6 Å². The smallest absolute Gasteiger partial charge is 0.274 e. The number of nitrogens with zero attached hydrogens (tertiary/aromatic N) is 2. The fraction of sp³-hybridized carbons (Fsp3) is 0.190. The van der Waals surface area contributed by atoms with E-state index in [-0.39, 0.29) is 11.6 Å². The summed E-state index contributed by atoms with van der Waals surface area (Å²) in [5.74, 6) is 1.12. The number of aromatic nitrogens is 2. The van der Waals surface area contributed by atoms with Gasteiger partial charge in [-0.1, -0.05) is 18.2 Å². The lowest BCUT2D eigenvalue weighted by Crippen LogP contribution is -2.15. The van der Waals surface area contributed by atoms with Crippen molar-refractivity contribution in [3.05, 3.63) is 65.5 Å².